The van der Waals surface area contributed by atoms with E-state index in [4.69, 9.17) is 17.3 Å². The topological polar surface area (TPSA) is 46.3 Å². The first-order valence-electron chi connectivity index (χ1n) is 7.07. The molecule has 1 heterocycles. The van der Waals surface area contributed by atoms with E-state index in [2.05, 4.69) is 0 Å². The van der Waals surface area contributed by atoms with Crippen molar-refractivity contribution < 1.29 is 4.79 Å². The molecule has 0 unspecified atom stereocenters. The van der Waals surface area contributed by atoms with Gasteiger partial charge in [-0.15, -0.1) is 0 Å². The molecule has 0 aromatic heterocycles. The van der Waals surface area contributed by atoms with Crippen molar-refractivity contribution in [3.8, 4) is 0 Å². The third-order valence-electron chi connectivity index (χ3n) is 3.79. The van der Waals surface area contributed by atoms with Crippen LogP contribution in [-0.4, -0.2) is 5.91 Å². The predicted octanol–water partition coefficient (Wildman–Crippen LogP) is 3.79. The third-order valence-corrected chi connectivity index (χ3v) is 4.04. The van der Waals surface area contributed by atoms with E-state index in [1.165, 1.54) is 0 Å². The number of hydrogen-bond donors (Lipinski definition) is 1. The fraction of sp³-hybridized carbons (Fsp3) is 0.235. The van der Waals surface area contributed by atoms with Gasteiger partial charge in [0, 0.05) is 22.8 Å². The van der Waals surface area contributed by atoms with Gasteiger partial charge < -0.3 is 10.6 Å². The van der Waals surface area contributed by atoms with Gasteiger partial charge in [-0.1, -0.05) is 23.7 Å². The van der Waals surface area contributed by atoms with Crippen molar-refractivity contribution >= 4 is 28.9 Å². The number of carbonyl (C=O) groups is 1. The van der Waals surface area contributed by atoms with Gasteiger partial charge in [-0.3, -0.25) is 4.79 Å². The van der Waals surface area contributed by atoms with Crippen LogP contribution in [0.15, 0.2) is 42.5 Å². The van der Waals surface area contributed by atoms with Crippen molar-refractivity contribution in [3.63, 3.8) is 0 Å². The lowest BCUT2D eigenvalue weighted by Crippen LogP contribution is -2.29. The molecule has 3 rings (SSSR count). The van der Waals surface area contributed by atoms with Crippen molar-refractivity contribution in [2.24, 2.45) is 0 Å². The maximum absolute atomic E-state index is 12.4. The molecule has 0 spiro atoms. The zero-order valence-electron chi connectivity index (χ0n) is 11.7. The van der Waals surface area contributed by atoms with Crippen LogP contribution in [0.3, 0.4) is 0 Å². The predicted molar refractivity (Wildman–Crippen MR) is 86.4 cm³/mol. The summed E-state index contributed by atoms with van der Waals surface area (Å²) in [4.78, 5) is 14.3. The summed E-state index contributed by atoms with van der Waals surface area (Å²) < 4.78 is 0. The van der Waals surface area contributed by atoms with Gasteiger partial charge in [0.2, 0.25) is 5.91 Å². The minimum atomic E-state index is 0.161. The molecular formula is C17H17ClN2O. The molecule has 1 aliphatic rings. The molecule has 1 amide bonds. The van der Waals surface area contributed by atoms with Gasteiger partial charge in [0.15, 0.2) is 0 Å². The Morgan fingerprint density at radius 1 is 1.10 bits per heavy atom. The molecule has 21 heavy (non-hydrogen) atoms. The molecule has 0 aliphatic carbocycles. The highest BCUT2D eigenvalue weighted by Crippen LogP contribution is 2.30. The van der Waals surface area contributed by atoms with Crippen molar-refractivity contribution in [1.29, 1.82) is 0 Å². The van der Waals surface area contributed by atoms with Gasteiger partial charge in [0.1, 0.15) is 0 Å². The summed E-state index contributed by atoms with van der Waals surface area (Å²) in [5.74, 6) is 0.161. The number of anilines is 2. The first kappa shape index (κ1) is 14.0. The van der Waals surface area contributed by atoms with E-state index >= 15 is 0 Å². The van der Waals surface area contributed by atoms with E-state index in [-0.39, 0.29) is 5.91 Å². The SMILES string of the molecule is Nc1ccc2c(c1)CCCC(=O)N2Cc1ccc(Cl)cc1. The van der Waals surface area contributed by atoms with Gasteiger partial charge in [0.25, 0.3) is 0 Å². The van der Waals surface area contributed by atoms with Crippen LogP contribution in [0.1, 0.15) is 24.0 Å². The number of aryl methyl sites for hydroxylation is 1. The highest BCUT2D eigenvalue weighted by Gasteiger charge is 2.22. The molecular weight excluding hydrogens is 284 g/mol. The fourth-order valence-corrected chi connectivity index (χ4v) is 2.84. The number of hydrogen-bond acceptors (Lipinski definition) is 2. The minimum Gasteiger partial charge on any atom is -0.399 e. The highest BCUT2D eigenvalue weighted by molar-refractivity contribution is 6.30. The van der Waals surface area contributed by atoms with Gasteiger partial charge in [-0.2, -0.15) is 0 Å². The maximum Gasteiger partial charge on any atom is 0.227 e. The van der Waals surface area contributed by atoms with Crippen molar-refractivity contribution in [2.45, 2.75) is 25.8 Å². The van der Waals surface area contributed by atoms with Crippen LogP contribution in [0.5, 0.6) is 0 Å². The van der Waals surface area contributed by atoms with E-state index in [9.17, 15) is 4.79 Å². The lowest BCUT2D eigenvalue weighted by atomic mass is 10.1. The number of nitrogen functional groups attached to an aromatic ring is 1. The Morgan fingerprint density at radius 3 is 2.62 bits per heavy atom. The van der Waals surface area contributed by atoms with Crippen molar-refractivity contribution in [1.82, 2.24) is 0 Å². The smallest absolute Gasteiger partial charge is 0.227 e. The van der Waals surface area contributed by atoms with Crippen LogP contribution in [0.25, 0.3) is 0 Å². The second-order valence-electron chi connectivity index (χ2n) is 5.35. The number of benzene rings is 2. The lowest BCUT2D eigenvalue weighted by molar-refractivity contribution is -0.118. The molecule has 0 fully saturated rings. The van der Waals surface area contributed by atoms with Crippen LogP contribution in [0.4, 0.5) is 11.4 Å². The zero-order valence-corrected chi connectivity index (χ0v) is 12.4. The average Bonchev–Trinajstić information content (AvgIpc) is 2.61. The van der Waals surface area contributed by atoms with Crippen LogP contribution in [0.2, 0.25) is 5.02 Å². The molecule has 2 aromatic rings. The summed E-state index contributed by atoms with van der Waals surface area (Å²) in [6, 6.07) is 13.4. The van der Waals surface area contributed by atoms with Crippen molar-refractivity contribution in [2.75, 3.05) is 10.6 Å². The molecule has 0 radical (unpaired) electrons. The number of rotatable bonds is 2. The van der Waals surface area contributed by atoms with E-state index < -0.39 is 0 Å². The Hall–Kier alpha value is -2.00. The van der Waals surface area contributed by atoms with Gasteiger partial charge in [-0.25, -0.2) is 0 Å². The van der Waals surface area contributed by atoms with Crippen LogP contribution >= 0.6 is 11.6 Å². The first-order valence-corrected chi connectivity index (χ1v) is 7.44. The molecule has 0 bridgehead atoms. The Morgan fingerprint density at radius 2 is 1.86 bits per heavy atom. The molecule has 0 saturated heterocycles. The van der Waals surface area contributed by atoms with Crippen LogP contribution < -0.4 is 10.6 Å². The molecule has 3 nitrogen and oxygen atoms in total. The van der Waals surface area contributed by atoms with E-state index in [1.54, 1.807) is 0 Å². The summed E-state index contributed by atoms with van der Waals surface area (Å²) in [5.41, 5.74) is 9.80. The monoisotopic (exact) mass is 300 g/mol. The standard InChI is InChI=1S/C17H17ClN2O/c18-14-6-4-12(5-7-14)11-20-16-9-8-15(19)10-13(16)2-1-3-17(20)21/h4-10H,1-3,11,19H2. The van der Waals surface area contributed by atoms with E-state index in [1.807, 2.05) is 47.4 Å². The number of nitrogens with two attached hydrogens (primary N) is 1. The molecule has 108 valence electrons. The largest absolute Gasteiger partial charge is 0.399 e. The molecule has 1 aliphatic heterocycles. The number of carbonyl (C=O) groups excluding carboxylic acids is 1. The quantitative estimate of drug-likeness (QED) is 0.858. The fourth-order valence-electron chi connectivity index (χ4n) is 2.71. The molecule has 2 aromatic carbocycles. The minimum absolute atomic E-state index is 0.161. The Kier molecular flexibility index (Phi) is 3.84. The molecule has 0 saturated carbocycles. The highest BCUT2D eigenvalue weighted by atomic mass is 35.5. The Bertz CT molecular complexity index is 667. The average molecular weight is 301 g/mol. The third kappa shape index (κ3) is 3.03. The first-order chi connectivity index (χ1) is 10.1. The van der Waals surface area contributed by atoms with Gasteiger partial charge in [-0.05, 0) is 54.3 Å². The molecule has 4 heteroatoms. The number of halogens is 1. The normalized spacial score (nSPS) is 14.7. The summed E-state index contributed by atoms with van der Waals surface area (Å²) in [5, 5.41) is 0.703. The van der Waals surface area contributed by atoms with E-state index in [0.29, 0.717) is 18.0 Å². The zero-order chi connectivity index (χ0) is 14.8. The summed E-state index contributed by atoms with van der Waals surface area (Å²) in [6.45, 7) is 0.562. The second-order valence-corrected chi connectivity index (χ2v) is 5.78. The maximum atomic E-state index is 12.4. The van der Waals surface area contributed by atoms with Crippen LogP contribution in [0, 0.1) is 0 Å². The van der Waals surface area contributed by atoms with E-state index in [0.717, 1.165) is 35.3 Å². The molecule has 0 atom stereocenters. The summed E-state index contributed by atoms with van der Waals surface area (Å²) in [7, 11) is 0. The number of nitrogens with zero attached hydrogens (tertiary/aromatic N) is 1. The lowest BCUT2D eigenvalue weighted by Gasteiger charge is -2.23. The number of amides is 1. The van der Waals surface area contributed by atoms with Crippen LogP contribution in [-0.2, 0) is 17.8 Å². The van der Waals surface area contributed by atoms with Crippen molar-refractivity contribution in [3.05, 3.63) is 58.6 Å². The second kappa shape index (κ2) is 5.78. The Labute approximate surface area is 129 Å². The number of fused-ring (bicyclic) bond motifs is 1. The van der Waals surface area contributed by atoms with Gasteiger partial charge in [0.05, 0.1) is 6.54 Å². The van der Waals surface area contributed by atoms with Gasteiger partial charge >= 0.3 is 0 Å². The summed E-state index contributed by atoms with van der Waals surface area (Å²) in [6.07, 6.45) is 2.33. The molecule has 2 N–H and O–H groups in total. The summed E-state index contributed by atoms with van der Waals surface area (Å²) >= 11 is 5.91. The Balaban J connectivity index is 1.95.